The van der Waals surface area contributed by atoms with Gasteiger partial charge >= 0.3 is 0 Å². The lowest BCUT2D eigenvalue weighted by Gasteiger charge is -2.10. The summed E-state index contributed by atoms with van der Waals surface area (Å²) in [6, 6.07) is 19.2. The van der Waals surface area contributed by atoms with Gasteiger partial charge in [0.15, 0.2) is 11.0 Å². The minimum absolute atomic E-state index is 0.106. The summed E-state index contributed by atoms with van der Waals surface area (Å²) in [6.45, 7) is 0. The van der Waals surface area contributed by atoms with Gasteiger partial charge in [-0.15, -0.1) is 10.2 Å². The molecule has 0 unspecified atom stereocenters. The van der Waals surface area contributed by atoms with E-state index in [9.17, 15) is 9.18 Å². The van der Waals surface area contributed by atoms with Crippen LogP contribution >= 0.6 is 11.8 Å². The van der Waals surface area contributed by atoms with E-state index in [1.165, 1.54) is 23.9 Å². The predicted octanol–water partition coefficient (Wildman–Crippen LogP) is 4.20. The van der Waals surface area contributed by atoms with Crippen molar-refractivity contribution in [3.63, 3.8) is 0 Å². The number of aromatic nitrogens is 4. The molecule has 2 aromatic heterocycles. The Hall–Kier alpha value is -3.52. The van der Waals surface area contributed by atoms with E-state index < -0.39 is 5.82 Å². The highest BCUT2D eigenvalue weighted by molar-refractivity contribution is 7.99. The van der Waals surface area contributed by atoms with Gasteiger partial charge in [0, 0.05) is 29.3 Å². The van der Waals surface area contributed by atoms with Crippen LogP contribution in [0.3, 0.4) is 0 Å². The molecule has 0 saturated heterocycles. The number of amides is 1. The summed E-state index contributed by atoms with van der Waals surface area (Å²) in [4.78, 5) is 16.5. The summed E-state index contributed by atoms with van der Waals surface area (Å²) >= 11 is 1.25. The molecule has 0 aliphatic heterocycles. The lowest BCUT2D eigenvalue weighted by Crippen LogP contribution is -2.14. The average Bonchev–Trinajstić information content (AvgIpc) is 3.17. The highest BCUT2D eigenvalue weighted by Crippen LogP contribution is 2.27. The van der Waals surface area contributed by atoms with Crippen molar-refractivity contribution in [2.24, 2.45) is 0 Å². The van der Waals surface area contributed by atoms with Crippen LogP contribution in [0.4, 0.5) is 10.1 Å². The summed E-state index contributed by atoms with van der Waals surface area (Å²) < 4.78 is 15.2. The molecule has 0 bridgehead atoms. The highest BCUT2D eigenvalue weighted by atomic mass is 32.2. The largest absolute Gasteiger partial charge is 0.325 e. The van der Waals surface area contributed by atoms with Gasteiger partial charge in [-0.25, -0.2) is 4.39 Å². The van der Waals surface area contributed by atoms with Crippen molar-refractivity contribution in [2.45, 2.75) is 5.16 Å². The molecule has 0 fully saturated rings. The van der Waals surface area contributed by atoms with Gasteiger partial charge in [0.1, 0.15) is 5.82 Å². The summed E-state index contributed by atoms with van der Waals surface area (Å²) in [5.74, 6) is 0.0815. The van der Waals surface area contributed by atoms with Crippen molar-refractivity contribution in [1.82, 2.24) is 19.7 Å². The molecular formula is C21H16FN5OS. The zero-order chi connectivity index (χ0) is 20.1. The molecule has 144 valence electrons. The Bertz CT molecular complexity index is 1120. The highest BCUT2D eigenvalue weighted by Gasteiger charge is 2.17. The number of thioether (sulfide) groups is 1. The molecule has 1 N–H and O–H groups in total. The Labute approximate surface area is 170 Å². The minimum atomic E-state index is -0.402. The lowest BCUT2D eigenvalue weighted by atomic mass is 10.2. The quantitative estimate of drug-likeness (QED) is 0.487. The van der Waals surface area contributed by atoms with E-state index in [1.807, 2.05) is 47.0 Å². The van der Waals surface area contributed by atoms with Gasteiger partial charge in [-0.05, 0) is 42.5 Å². The number of anilines is 1. The molecule has 0 spiro atoms. The summed E-state index contributed by atoms with van der Waals surface area (Å²) in [7, 11) is 0. The van der Waals surface area contributed by atoms with Crippen LogP contribution in [-0.4, -0.2) is 31.4 Å². The van der Waals surface area contributed by atoms with Gasteiger partial charge < -0.3 is 5.32 Å². The third kappa shape index (κ3) is 4.49. The maximum atomic E-state index is 13.3. The van der Waals surface area contributed by atoms with Crippen LogP contribution in [0.15, 0.2) is 84.3 Å². The second kappa shape index (κ2) is 8.66. The number of nitrogens with zero attached hydrogens (tertiary/aromatic N) is 4. The number of carbonyl (C=O) groups excluding carboxylic acids is 1. The van der Waals surface area contributed by atoms with Crippen LogP contribution < -0.4 is 5.32 Å². The maximum Gasteiger partial charge on any atom is 0.234 e. The predicted molar refractivity (Wildman–Crippen MR) is 110 cm³/mol. The van der Waals surface area contributed by atoms with Crippen molar-refractivity contribution in [3.8, 4) is 17.1 Å². The standard InChI is InChI=1S/C21H16FN5OS/c22-16-7-4-8-17(12-16)24-19(28)14-29-21-26-25-20(15-6-5-11-23-13-15)27(21)18-9-2-1-3-10-18/h1-13H,14H2,(H,24,28). The van der Waals surface area contributed by atoms with E-state index in [2.05, 4.69) is 20.5 Å². The van der Waals surface area contributed by atoms with Crippen molar-refractivity contribution >= 4 is 23.4 Å². The van der Waals surface area contributed by atoms with E-state index in [-0.39, 0.29) is 11.7 Å². The van der Waals surface area contributed by atoms with Crippen LogP contribution in [0.25, 0.3) is 17.1 Å². The van der Waals surface area contributed by atoms with Gasteiger partial charge in [-0.3, -0.25) is 14.3 Å². The first-order valence-electron chi connectivity index (χ1n) is 8.80. The molecule has 0 atom stereocenters. The molecular weight excluding hydrogens is 389 g/mol. The Morgan fingerprint density at radius 1 is 1.03 bits per heavy atom. The molecule has 6 nitrogen and oxygen atoms in total. The zero-order valence-corrected chi connectivity index (χ0v) is 16.0. The monoisotopic (exact) mass is 405 g/mol. The Morgan fingerprint density at radius 3 is 2.66 bits per heavy atom. The molecule has 4 rings (SSSR count). The Balaban J connectivity index is 1.57. The zero-order valence-electron chi connectivity index (χ0n) is 15.2. The summed E-state index contributed by atoms with van der Waals surface area (Å²) in [5.41, 5.74) is 2.11. The Morgan fingerprint density at radius 2 is 1.90 bits per heavy atom. The normalized spacial score (nSPS) is 10.7. The van der Waals surface area contributed by atoms with E-state index in [4.69, 9.17) is 0 Å². The number of nitrogens with one attached hydrogen (secondary N) is 1. The number of pyridine rings is 1. The number of hydrogen-bond acceptors (Lipinski definition) is 5. The Kier molecular flexibility index (Phi) is 5.62. The van der Waals surface area contributed by atoms with Crippen molar-refractivity contribution in [1.29, 1.82) is 0 Å². The van der Waals surface area contributed by atoms with Gasteiger partial charge in [0.25, 0.3) is 0 Å². The van der Waals surface area contributed by atoms with Crippen molar-refractivity contribution in [3.05, 3.63) is 84.9 Å². The van der Waals surface area contributed by atoms with Crippen molar-refractivity contribution < 1.29 is 9.18 Å². The van der Waals surface area contributed by atoms with Crippen LogP contribution in [0.2, 0.25) is 0 Å². The number of hydrogen-bond donors (Lipinski definition) is 1. The van der Waals surface area contributed by atoms with Gasteiger partial charge in [0.2, 0.25) is 5.91 Å². The van der Waals surface area contributed by atoms with E-state index in [1.54, 1.807) is 24.5 Å². The number of rotatable bonds is 6. The second-order valence-electron chi connectivity index (χ2n) is 6.07. The fourth-order valence-corrected chi connectivity index (χ4v) is 3.50. The first kappa shape index (κ1) is 18.8. The molecule has 0 radical (unpaired) electrons. The first-order valence-corrected chi connectivity index (χ1v) is 9.79. The van der Waals surface area contributed by atoms with Gasteiger partial charge in [-0.2, -0.15) is 0 Å². The van der Waals surface area contributed by atoms with Gasteiger partial charge in [-0.1, -0.05) is 36.0 Å². The number of benzene rings is 2. The summed E-state index contributed by atoms with van der Waals surface area (Å²) in [5, 5.41) is 11.8. The van der Waals surface area contributed by atoms with Crippen molar-refractivity contribution in [2.75, 3.05) is 11.1 Å². The first-order chi connectivity index (χ1) is 14.2. The van der Waals surface area contributed by atoms with Crippen LogP contribution in [-0.2, 0) is 4.79 Å². The van der Waals surface area contributed by atoms with Crippen LogP contribution in [0.5, 0.6) is 0 Å². The number of halogens is 1. The molecule has 2 heterocycles. The van der Waals surface area contributed by atoms with Gasteiger partial charge in [0.05, 0.1) is 5.75 Å². The lowest BCUT2D eigenvalue weighted by molar-refractivity contribution is -0.113. The van der Waals surface area contributed by atoms with E-state index >= 15 is 0 Å². The smallest absolute Gasteiger partial charge is 0.234 e. The number of para-hydroxylation sites is 1. The molecule has 2 aromatic carbocycles. The topological polar surface area (TPSA) is 72.7 Å². The molecule has 1 amide bonds. The fourth-order valence-electron chi connectivity index (χ4n) is 2.75. The molecule has 29 heavy (non-hydrogen) atoms. The SMILES string of the molecule is O=C(CSc1nnc(-c2cccnc2)n1-c1ccccc1)Nc1cccc(F)c1. The van der Waals surface area contributed by atoms with E-state index in [0.717, 1.165) is 11.3 Å². The second-order valence-corrected chi connectivity index (χ2v) is 7.01. The molecule has 0 saturated carbocycles. The third-order valence-corrected chi connectivity index (χ3v) is 4.94. The van der Waals surface area contributed by atoms with Crippen LogP contribution in [0.1, 0.15) is 0 Å². The number of carbonyl (C=O) groups is 1. The molecule has 8 heteroatoms. The summed E-state index contributed by atoms with van der Waals surface area (Å²) in [6.07, 6.45) is 3.41. The maximum absolute atomic E-state index is 13.3. The molecule has 0 aliphatic rings. The fraction of sp³-hybridized carbons (Fsp3) is 0.0476. The molecule has 0 aliphatic carbocycles. The van der Waals surface area contributed by atoms with Crippen LogP contribution in [0, 0.1) is 5.82 Å². The van der Waals surface area contributed by atoms with E-state index in [0.29, 0.717) is 16.7 Å². The minimum Gasteiger partial charge on any atom is -0.325 e. The molecule has 4 aromatic rings. The average molecular weight is 405 g/mol. The third-order valence-electron chi connectivity index (χ3n) is 4.01.